The summed E-state index contributed by atoms with van der Waals surface area (Å²) < 4.78 is 0. The Balaban J connectivity index is 1.70. The minimum atomic E-state index is 0.331. The van der Waals surface area contributed by atoms with Crippen LogP contribution >= 0.6 is 0 Å². The molecule has 1 aromatic heterocycles. The standard InChI is InChI=1S/C28H27N3O/c1-3-31(4-2)18-20-17-21(14-16-26(20)32)29-28-23-11-7-8-12-24(23)30-25-15-13-19-9-5-6-10-22(19)27(25)28/h5-17,32H,3-4,18H2,1-2H3,(H,29,30). The van der Waals surface area contributed by atoms with Crippen LogP contribution in [0.15, 0.2) is 78.9 Å². The summed E-state index contributed by atoms with van der Waals surface area (Å²) in [6.45, 7) is 6.89. The van der Waals surface area contributed by atoms with Crippen molar-refractivity contribution in [2.75, 3.05) is 18.4 Å². The van der Waals surface area contributed by atoms with E-state index in [0.29, 0.717) is 5.75 Å². The van der Waals surface area contributed by atoms with E-state index in [4.69, 9.17) is 4.98 Å². The number of aromatic nitrogens is 1. The van der Waals surface area contributed by atoms with Crippen molar-refractivity contribution in [3.8, 4) is 5.75 Å². The molecule has 2 N–H and O–H groups in total. The smallest absolute Gasteiger partial charge is 0.120 e. The average molecular weight is 422 g/mol. The van der Waals surface area contributed by atoms with Gasteiger partial charge in [0.1, 0.15) is 5.75 Å². The summed E-state index contributed by atoms with van der Waals surface area (Å²) in [5.74, 6) is 0.331. The Labute approximate surface area is 188 Å². The van der Waals surface area contributed by atoms with E-state index in [1.54, 1.807) is 6.07 Å². The molecule has 4 nitrogen and oxygen atoms in total. The Morgan fingerprint density at radius 2 is 1.56 bits per heavy atom. The molecule has 0 radical (unpaired) electrons. The lowest BCUT2D eigenvalue weighted by Crippen LogP contribution is -2.22. The third kappa shape index (κ3) is 3.63. The Morgan fingerprint density at radius 3 is 2.38 bits per heavy atom. The molecule has 160 valence electrons. The normalized spacial score (nSPS) is 11.6. The Kier molecular flexibility index (Phi) is 5.38. The van der Waals surface area contributed by atoms with Gasteiger partial charge in [0, 0.05) is 28.6 Å². The van der Waals surface area contributed by atoms with Gasteiger partial charge in [-0.1, -0.05) is 62.4 Å². The number of phenolic OH excluding ortho intramolecular Hbond substituents is 1. The summed E-state index contributed by atoms with van der Waals surface area (Å²) in [7, 11) is 0. The van der Waals surface area contributed by atoms with Gasteiger partial charge in [-0.15, -0.1) is 0 Å². The highest BCUT2D eigenvalue weighted by Gasteiger charge is 2.14. The van der Waals surface area contributed by atoms with E-state index in [0.717, 1.165) is 58.4 Å². The van der Waals surface area contributed by atoms with Gasteiger partial charge in [-0.2, -0.15) is 0 Å². The van der Waals surface area contributed by atoms with Crippen molar-refractivity contribution in [2.45, 2.75) is 20.4 Å². The van der Waals surface area contributed by atoms with E-state index >= 15 is 0 Å². The fraction of sp³-hybridized carbons (Fsp3) is 0.179. The summed E-state index contributed by atoms with van der Waals surface area (Å²) in [5.41, 5.74) is 4.84. The predicted octanol–water partition coefficient (Wildman–Crippen LogP) is 6.83. The molecule has 0 fully saturated rings. The molecular weight excluding hydrogens is 394 g/mol. The second-order valence-corrected chi connectivity index (χ2v) is 8.11. The molecular formula is C28H27N3O. The van der Waals surface area contributed by atoms with Crippen molar-refractivity contribution in [1.82, 2.24) is 9.88 Å². The first kappa shape index (κ1) is 20.3. The quantitative estimate of drug-likeness (QED) is 0.179. The van der Waals surface area contributed by atoms with Crippen molar-refractivity contribution < 1.29 is 5.11 Å². The van der Waals surface area contributed by atoms with Gasteiger partial charge in [0.2, 0.25) is 0 Å². The number of hydrogen-bond donors (Lipinski definition) is 2. The number of phenols is 1. The fourth-order valence-electron chi connectivity index (χ4n) is 4.42. The minimum absolute atomic E-state index is 0.331. The van der Waals surface area contributed by atoms with E-state index in [9.17, 15) is 5.11 Å². The molecule has 32 heavy (non-hydrogen) atoms. The van der Waals surface area contributed by atoms with Gasteiger partial charge in [0.25, 0.3) is 0 Å². The van der Waals surface area contributed by atoms with Crippen LogP contribution in [0, 0.1) is 0 Å². The molecule has 0 atom stereocenters. The zero-order valence-electron chi connectivity index (χ0n) is 18.5. The van der Waals surface area contributed by atoms with Crippen molar-refractivity contribution in [3.63, 3.8) is 0 Å². The number of hydrogen-bond acceptors (Lipinski definition) is 4. The van der Waals surface area contributed by atoms with E-state index in [1.165, 1.54) is 10.8 Å². The summed E-state index contributed by atoms with van der Waals surface area (Å²) in [5, 5.41) is 18.7. The molecule has 0 bridgehead atoms. The van der Waals surface area contributed by atoms with Gasteiger partial charge in [-0.25, -0.2) is 4.98 Å². The number of pyridine rings is 1. The van der Waals surface area contributed by atoms with Crippen LogP contribution < -0.4 is 5.32 Å². The fourth-order valence-corrected chi connectivity index (χ4v) is 4.42. The molecule has 0 amide bonds. The summed E-state index contributed by atoms with van der Waals surface area (Å²) in [6, 6.07) is 26.7. The molecule has 0 aliphatic rings. The first-order valence-corrected chi connectivity index (χ1v) is 11.2. The number of aromatic hydroxyl groups is 1. The number of para-hydroxylation sites is 1. The van der Waals surface area contributed by atoms with Crippen LogP contribution in [0.4, 0.5) is 11.4 Å². The highest BCUT2D eigenvalue weighted by atomic mass is 16.3. The molecule has 0 aliphatic carbocycles. The van der Waals surface area contributed by atoms with Crippen LogP contribution in [-0.2, 0) is 6.54 Å². The topological polar surface area (TPSA) is 48.4 Å². The molecule has 0 saturated heterocycles. The highest BCUT2D eigenvalue weighted by molar-refractivity contribution is 6.19. The van der Waals surface area contributed by atoms with Gasteiger partial charge < -0.3 is 10.4 Å². The monoisotopic (exact) mass is 421 g/mol. The molecule has 0 aliphatic heterocycles. The first-order chi connectivity index (χ1) is 15.7. The van der Waals surface area contributed by atoms with Crippen LogP contribution in [0.1, 0.15) is 19.4 Å². The lowest BCUT2D eigenvalue weighted by atomic mass is 10.0. The predicted molar refractivity (Wildman–Crippen MR) is 135 cm³/mol. The van der Waals surface area contributed by atoms with Crippen LogP contribution in [0.3, 0.4) is 0 Å². The summed E-state index contributed by atoms with van der Waals surface area (Å²) >= 11 is 0. The van der Waals surface area contributed by atoms with Crippen LogP contribution in [-0.4, -0.2) is 28.1 Å². The molecule has 1 heterocycles. The maximum absolute atomic E-state index is 10.5. The number of anilines is 2. The Bertz CT molecular complexity index is 1420. The molecule has 4 aromatic carbocycles. The van der Waals surface area contributed by atoms with Crippen LogP contribution in [0.5, 0.6) is 5.75 Å². The van der Waals surface area contributed by atoms with Gasteiger partial charge in [0.15, 0.2) is 0 Å². The second-order valence-electron chi connectivity index (χ2n) is 8.11. The lowest BCUT2D eigenvalue weighted by molar-refractivity contribution is 0.291. The SMILES string of the molecule is CCN(CC)Cc1cc(Nc2c3ccccc3nc3ccc4ccccc4c23)ccc1O. The van der Waals surface area contributed by atoms with Crippen LogP contribution in [0.25, 0.3) is 32.6 Å². The maximum Gasteiger partial charge on any atom is 0.120 e. The second kappa shape index (κ2) is 8.48. The number of fused-ring (bicyclic) bond motifs is 4. The zero-order chi connectivity index (χ0) is 22.1. The summed E-state index contributed by atoms with van der Waals surface area (Å²) in [4.78, 5) is 7.23. The maximum atomic E-state index is 10.5. The molecule has 5 aromatic rings. The lowest BCUT2D eigenvalue weighted by Gasteiger charge is -2.20. The van der Waals surface area contributed by atoms with Gasteiger partial charge in [-0.05, 0) is 54.2 Å². The Morgan fingerprint density at radius 1 is 0.812 bits per heavy atom. The number of rotatable bonds is 6. The largest absolute Gasteiger partial charge is 0.508 e. The molecule has 0 spiro atoms. The van der Waals surface area contributed by atoms with E-state index < -0.39 is 0 Å². The summed E-state index contributed by atoms with van der Waals surface area (Å²) in [6.07, 6.45) is 0. The number of nitrogens with zero attached hydrogens (tertiary/aromatic N) is 2. The highest BCUT2D eigenvalue weighted by Crippen LogP contribution is 2.38. The molecule has 4 heteroatoms. The van der Waals surface area contributed by atoms with Gasteiger partial charge in [0.05, 0.1) is 16.7 Å². The average Bonchev–Trinajstić information content (AvgIpc) is 2.83. The van der Waals surface area contributed by atoms with Crippen molar-refractivity contribution in [3.05, 3.63) is 84.4 Å². The van der Waals surface area contributed by atoms with E-state index in [-0.39, 0.29) is 0 Å². The van der Waals surface area contributed by atoms with E-state index in [2.05, 4.69) is 84.7 Å². The van der Waals surface area contributed by atoms with Gasteiger partial charge >= 0.3 is 0 Å². The molecule has 0 unspecified atom stereocenters. The van der Waals surface area contributed by atoms with Gasteiger partial charge in [-0.3, -0.25) is 4.90 Å². The molecule has 5 rings (SSSR count). The zero-order valence-corrected chi connectivity index (χ0v) is 18.5. The third-order valence-corrected chi connectivity index (χ3v) is 6.21. The number of benzene rings is 4. The van der Waals surface area contributed by atoms with Crippen molar-refractivity contribution >= 4 is 44.0 Å². The Hall–Kier alpha value is -3.63. The van der Waals surface area contributed by atoms with E-state index in [1.807, 2.05) is 12.1 Å². The van der Waals surface area contributed by atoms with Crippen molar-refractivity contribution in [1.29, 1.82) is 0 Å². The third-order valence-electron chi connectivity index (χ3n) is 6.21. The number of nitrogens with one attached hydrogen (secondary N) is 1. The minimum Gasteiger partial charge on any atom is -0.508 e. The van der Waals surface area contributed by atoms with Crippen molar-refractivity contribution in [2.24, 2.45) is 0 Å². The van der Waals surface area contributed by atoms with Crippen LogP contribution in [0.2, 0.25) is 0 Å². The molecule has 0 saturated carbocycles. The first-order valence-electron chi connectivity index (χ1n) is 11.2.